The number of nitrogens with zero attached hydrogens (tertiary/aromatic N) is 1. The lowest BCUT2D eigenvalue weighted by Crippen LogP contribution is -2.49. The maximum Gasteiger partial charge on any atom is 0.225 e. The van der Waals surface area contributed by atoms with E-state index in [1.807, 2.05) is 0 Å². The molecule has 156 valence electrons. The Hall–Kier alpha value is -0.570. The van der Waals surface area contributed by atoms with Gasteiger partial charge in [-0.1, -0.05) is 19.8 Å². The van der Waals surface area contributed by atoms with Crippen LogP contribution in [-0.4, -0.2) is 35.5 Å². The summed E-state index contributed by atoms with van der Waals surface area (Å²) in [4.78, 5) is 15.3. The van der Waals surface area contributed by atoms with Crippen molar-refractivity contribution in [2.24, 2.45) is 29.6 Å². The first-order valence-corrected chi connectivity index (χ1v) is 11.6. The molecule has 3 aliphatic rings. The van der Waals surface area contributed by atoms with Gasteiger partial charge in [0.05, 0.1) is 5.92 Å². The van der Waals surface area contributed by atoms with Crippen molar-refractivity contribution >= 4 is 5.91 Å². The molecule has 1 heterocycles. The second-order valence-corrected chi connectivity index (χ2v) is 11.3. The van der Waals surface area contributed by atoms with E-state index in [0.717, 1.165) is 30.7 Å². The van der Waals surface area contributed by atoms with Crippen LogP contribution in [0.15, 0.2) is 0 Å². The van der Waals surface area contributed by atoms with Crippen molar-refractivity contribution in [1.29, 1.82) is 0 Å². The van der Waals surface area contributed by atoms with Gasteiger partial charge in [0, 0.05) is 17.6 Å². The van der Waals surface area contributed by atoms with Gasteiger partial charge < -0.3 is 5.32 Å². The Kier molecular flexibility index (Phi) is 6.30. The molecule has 1 N–H and O–H groups in total. The predicted molar refractivity (Wildman–Crippen MR) is 114 cm³/mol. The molecule has 2 saturated carbocycles. The van der Waals surface area contributed by atoms with Gasteiger partial charge in [0.25, 0.3) is 0 Å². The van der Waals surface area contributed by atoms with Gasteiger partial charge in [0.1, 0.15) is 0 Å². The van der Waals surface area contributed by atoms with E-state index in [2.05, 4.69) is 51.9 Å². The minimum atomic E-state index is -0.0661. The molecule has 3 fully saturated rings. The molecular weight excluding hydrogens is 332 g/mol. The van der Waals surface area contributed by atoms with Crippen LogP contribution in [0.25, 0.3) is 0 Å². The van der Waals surface area contributed by atoms with Crippen molar-refractivity contribution in [3.63, 3.8) is 0 Å². The topological polar surface area (TPSA) is 32.3 Å². The smallest absolute Gasteiger partial charge is 0.225 e. The Morgan fingerprint density at radius 2 is 1.44 bits per heavy atom. The summed E-state index contributed by atoms with van der Waals surface area (Å²) in [5, 5.41) is 3.34. The van der Waals surface area contributed by atoms with E-state index >= 15 is 0 Å². The largest absolute Gasteiger partial charge is 0.356 e. The number of carbonyl (C=O) groups excluding carboxylic acids is 1. The van der Waals surface area contributed by atoms with Gasteiger partial charge in [0.2, 0.25) is 5.91 Å². The Balaban J connectivity index is 1.43. The van der Waals surface area contributed by atoms with Crippen molar-refractivity contribution in [3.05, 3.63) is 0 Å². The lowest BCUT2D eigenvalue weighted by Gasteiger charge is -2.38. The zero-order valence-electron chi connectivity index (χ0n) is 18.8. The summed E-state index contributed by atoms with van der Waals surface area (Å²) >= 11 is 0. The van der Waals surface area contributed by atoms with Crippen LogP contribution < -0.4 is 5.32 Å². The third kappa shape index (κ3) is 4.54. The van der Waals surface area contributed by atoms with E-state index in [0.29, 0.717) is 5.92 Å². The van der Waals surface area contributed by atoms with Crippen LogP contribution in [0.3, 0.4) is 0 Å². The highest BCUT2D eigenvalue weighted by atomic mass is 16.2. The second-order valence-electron chi connectivity index (χ2n) is 11.3. The molecule has 3 rings (SSSR count). The van der Waals surface area contributed by atoms with E-state index in [9.17, 15) is 4.79 Å². The molecule has 1 aliphatic heterocycles. The highest BCUT2D eigenvalue weighted by Gasteiger charge is 2.52. The third-order valence-corrected chi connectivity index (χ3v) is 8.83. The average molecular weight is 377 g/mol. The predicted octanol–water partition coefficient (Wildman–Crippen LogP) is 5.24. The normalized spacial score (nSPS) is 39.3. The molecule has 0 aromatic heterocycles. The van der Waals surface area contributed by atoms with Crippen LogP contribution in [0, 0.1) is 29.6 Å². The van der Waals surface area contributed by atoms with Crippen LogP contribution in [0.2, 0.25) is 0 Å². The zero-order valence-corrected chi connectivity index (χ0v) is 18.8. The van der Waals surface area contributed by atoms with Gasteiger partial charge >= 0.3 is 0 Å². The van der Waals surface area contributed by atoms with E-state index in [4.69, 9.17) is 0 Å². The van der Waals surface area contributed by atoms with Crippen molar-refractivity contribution in [1.82, 2.24) is 10.2 Å². The van der Waals surface area contributed by atoms with Crippen LogP contribution >= 0.6 is 0 Å². The lowest BCUT2D eigenvalue weighted by molar-refractivity contribution is -0.127. The fourth-order valence-electron chi connectivity index (χ4n) is 6.30. The number of nitrogens with one attached hydrogen (secondary N) is 1. The molecule has 1 amide bonds. The van der Waals surface area contributed by atoms with Crippen LogP contribution in [0.5, 0.6) is 0 Å². The fourth-order valence-corrected chi connectivity index (χ4v) is 6.30. The SMILES string of the molecule is CC1CCC(C2CCC(CNC(=O)C3CC(C)(C)N(C)C3(C)C)CC2)CC1. The molecule has 2 aliphatic carbocycles. The number of amides is 1. The first kappa shape index (κ1) is 21.1. The maximum atomic E-state index is 12.9. The van der Waals surface area contributed by atoms with Crippen molar-refractivity contribution in [2.75, 3.05) is 13.6 Å². The van der Waals surface area contributed by atoms with Crippen LogP contribution in [0.4, 0.5) is 0 Å². The molecule has 3 heteroatoms. The summed E-state index contributed by atoms with van der Waals surface area (Å²) in [6.45, 7) is 12.3. The standard InChI is InChI=1S/C24H44N2O/c1-17-7-11-19(12-8-17)20-13-9-18(10-14-20)16-25-22(27)21-15-23(2,3)26(6)24(21,4)5/h17-21H,7-16H2,1-6H3,(H,25,27). The molecule has 1 saturated heterocycles. The molecule has 0 radical (unpaired) electrons. The highest BCUT2D eigenvalue weighted by molar-refractivity contribution is 5.80. The minimum absolute atomic E-state index is 0.0661. The van der Waals surface area contributed by atoms with E-state index in [-0.39, 0.29) is 22.9 Å². The molecule has 1 atom stereocenters. The fraction of sp³-hybridized carbons (Fsp3) is 0.958. The van der Waals surface area contributed by atoms with Gasteiger partial charge in [-0.05, 0) is 103 Å². The Morgan fingerprint density at radius 3 is 1.93 bits per heavy atom. The van der Waals surface area contributed by atoms with E-state index in [1.54, 1.807) is 0 Å². The lowest BCUT2D eigenvalue weighted by atomic mass is 9.69. The molecule has 27 heavy (non-hydrogen) atoms. The maximum absolute atomic E-state index is 12.9. The third-order valence-electron chi connectivity index (χ3n) is 8.83. The minimum Gasteiger partial charge on any atom is -0.356 e. The molecule has 3 nitrogen and oxygen atoms in total. The zero-order chi connectivity index (χ0) is 19.8. The van der Waals surface area contributed by atoms with Gasteiger partial charge in [-0.2, -0.15) is 0 Å². The van der Waals surface area contributed by atoms with Gasteiger partial charge in [-0.25, -0.2) is 0 Å². The number of rotatable bonds is 4. The number of hydrogen-bond acceptors (Lipinski definition) is 2. The van der Waals surface area contributed by atoms with Gasteiger partial charge in [0.15, 0.2) is 0 Å². The Labute approximate surface area is 168 Å². The quantitative estimate of drug-likeness (QED) is 0.727. The van der Waals surface area contributed by atoms with E-state index < -0.39 is 0 Å². The summed E-state index contributed by atoms with van der Waals surface area (Å²) in [6, 6.07) is 0. The van der Waals surface area contributed by atoms with Gasteiger partial charge in [-0.15, -0.1) is 0 Å². The van der Waals surface area contributed by atoms with Crippen molar-refractivity contribution < 1.29 is 4.79 Å². The monoisotopic (exact) mass is 376 g/mol. The summed E-state index contributed by atoms with van der Waals surface area (Å²) < 4.78 is 0. The number of likely N-dealkylation sites (tertiary alicyclic amines) is 1. The summed E-state index contributed by atoms with van der Waals surface area (Å²) in [5.74, 6) is 3.99. The van der Waals surface area contributed by atoms with Crippen molar-refractivity contribution in [3.8, 4) is 0 Å². The molecule has 0 bridgehead atoms. The first-order valence-electron chi connectivity index (χ1n) is 11.6. The number of carbonyl (C=O) groups is 1. The van der Waals surface area contributed by atoms with Crippen LogP contribution in [-0.2, 0) is 4.79 Å². The van der Waals surface area contributed by atoms with Crippen molar-refractivity contribution in [2.45, 2.75) is 103 Å². The Bertz CT molecular complexity index is 510. The van der Waals surface area contributed by atoms with Gasteiger partial charge in [-0.3, -0.25) is 9.69 Å². The summed E-state index contributed by atoms with van der Waals surface area (Å²) in [5.41, 5.74) is 0.0322. The molecule has 0 spiro atoms. The summed E-state index contributed by atoms with van der Waals surface area (Å²) in [7, 11) is 2.17. The first-order chi connectivity index (χ1) is 12.6. The van der Waals surface area contributed by atoms with E-state index in [1.165, 1.54) is 51.4 Å². The van der Waals surface area contributed by atoms with Crippen LogP contribution in [0.1, 0.15) is 92.4 Å². The number of hydrogen-bond donors (Lipinski definition) is 1. The Morgan fingerprint density at radius 1 is 0.926 bits per heavy atom. The molecule has 1 unspecified atom stereocenters. The molecule has 0 aromatic carbocycles. The molecular formula is C24H44N2O. The average Bonchev–Trinajstić information content (AvgIpc) is 2.80. The highest BCUT2D eigenvalue weighted by Crippen LogP contribution is 2.44. The second kappa shape index (κ2) is 8.05. The summed E-state index contributed by atoms with van der Waals surface area (Å²) in [6.07, 6.45) is 12.2. The molecule has 0 aromatic rings.